The normalized spacial score (nSPS) is 16.3. The van der Waals surface area contributed by atoms with E-state index in [-0.39, 0.29) is 23.4 Å². The SMILES string of the molecule is Cc1c(Cl)ccc2c(N=NC(=O)C3CCCC3)c(O)[nH]c12. The average Bonchev–Trinajstić information content (AvgIpc) is 3.09. The molecule has 0 radical (unpaired) electrons. The summed E-state index contributed by atoms with van der Waals surface area (Å²) in [5, 5.41) is 19.0. The average molecular weight is 306 g/mol. The fourth-order valence-corrected chi connectivity index (χ4v) is 2.96. The first kappa shape index (κ1) is 14.1. The zero-order valence-corrected chi connectivity index (χ0v) is 12.4. The Labute approximate surface area is 127 Å². The molecule has 21 heavy (non-hydrogen) atoms. The fourth-order valence-electron chi connectivity index (χ4n) is 2.80. The van der Waals surface area contributed by atoms with Crippen molar-refractivity contribution < 1.29 is 9.90 Å². The minimum absolute atomic E-state index is 0.0164. The van der Waals surface area contributed by atoms with Gasteiger partial charge in [-0.25, -0.2) is 0 Å². The van der Waals surface area contributed by atoms with Gasteiger partial charge in [-0.3, -0.25) is 4.79 Å². The Kier molecular flexibility index (Phi) is 3.68. The molecule has 0 bridgehead atoms. The predicted octanol–water partition coefficient (Wildman–Crippen LogP) is 4.64. The van der Waals surface area contributed by atoms with Crippen LogP contribution in [0.2, 0.25) is 5.02 Å². The van der Waals surface area contributed by atoms with E-state index in [4.69, 9.17) is 11.6 Å². The van der Waals surface area contributed by atoms with Gasteiger partial charge in [0.2, 0.25) is 5.88 Å². The number of carbonyl (C=O) groups is 1. The van der Waals surface area contributed by atoms with Gasteiger partial charge in [0, 0.05) is 16.3 Å². The van der Waals surface area contributed by atoms with E-state index in [2.05, 4.69) is 15.2 Å². The highest BCUT2D eigenvalue weighted by atomic mass is 35.5. The highest BCUT2D eigenvalue weighted by Crippen LogP contribution is 2.38. The van der Waals surface area contributed by atoms with E-state index in [0.29, 0.717) is 15.9 Å². The van der Waals surface area contributed by atoms with Gasteiger partial charge in [0.15, 0.2) is 5.69 Å². The molecule has 0 saturated heterocycles. The van der Waals surface area contributed by atoms with Crippen LogP contribution in [0.4, 0.5) is 5.69 Å². The standard InChI is InChI=1S/C15H16ClN3O2/c1-8-11(16)7-6-10-12(8)17-15(21)13(10)18-19-14(20)9-4-2-3-5-9/h6-7,9,17,21H,2-5H2,1H3. The number of H-pyrrole nitrogens is 1. The van der Waals surface area contributed by atoms with Crippen molar-refractivity contribution in [2.24, 2.45) is 16.1 Å². The van der Waals surface area contributed by atoms with Crippen molar-refractivity contribution in [3.05, 3.63) is 22.7 Å². The number of aromatic hydroxyl groups is 1. The summed E-state index contributed by atoms with van der Waals surface area (Å²) in [6.45, 7) is 1.85. The van der Waals surface area contributed by atoms with Crippen LogP contribution in [0.1, 0.15) is 31.2 Å². The van der Waals surface area contributed by atoms with E-state index in [1.54, 1.807) is 12.1 Å². The molecule has 1 amide bonds. The second kappa shape index (κ2) is 5.48. The van der Waals surface area contributed by atoms with Crippen molar-refractivity contribution in [3.63, 3.8) is 0 Å². The van der Waals surface area contributed by atoms with Gasteiger partial charge in [0.25, 0.3) is 5.91 Å². The Hall–Kier alpha value is -1.88. The maximum absolute atomic E-state index is 11.9. The number of aryl methyl sites for hydroxylation is 1. The van der Waals surface area contributed by atoms with Gasteiger partial charge in [-0.05, 0) is 37.5 Å². The maximum Gasteiger partial charge on any atom is 0.267 e. The first-order chi connectivity index (χ1) is 10.1. The van der Waals surface area contributed by atoms with E-state index >= 15 is 0 Å². The number of aromatic amines is 1. The van der Waals surface area contributed by atoms with Crippen molar-refractivity contribution in [3.8, 4) is 5.88 Å². The third-order valence-corrected chi connectivity index (χ3v) is 4.48. The Morgan fingerprint density at radius 3 is 2.81 bits per heavy atom. The molecule has 0 unspecified atom stereocenters. The number of benzene rings is 1. The third kappa shape index (κ3) is 2.53. The highest BCUT2D eigenvalue weighted by molar-refractivity contribution is 6.32. The smallest absolute Gasteiger partial charge is 0.267 e. The number of amides is 1. The van der Waals surface area contributed by atoms with Crippen LogP contribution in [0, 0.1) is 12.8 Å². The van der Waals surface area contributed by atoms with Crippen molar-refractivity contribution in [1.82, 2.24) is 4.98 Å². The summed E-state index contributed by atoms with van der Waals surface area (Å²) in [6, 6.07) is 3.50. The van der Waals surface area contributed by atoms with Gasteiger partial charge >= 0.3 is 0 Å². The summed E-state index contributed by atoms with van der Waals surface area (Å²) >= 11 is 6.05. The van der Waals surface area contributed by atoms with Crippen LogP contribution in [-0.2, 0) is 4.79 Å². The van der Waals surface area contributed by atoms with Gasteiger partial charge in [0.05, 0.1) is 5.52 Å². The lowest BCUT2D eigenvalue weighted by atomic mass is 10.1. The summed E-state index contributed by atoms with van der Waals surface area (Å²) in [4.78, 5) is 14.8. The fraction of sp³-hybridized carbons (Fsp3) is 0.400. The molecule has 1 aromatic heterocycles. The van der Waals surface area contributed by atoms with Crippen LogP contribution in [0.25, 0.3) is 10.9 Å². The number of fused-ring (bicyclic) bond motifs is 1. The second-order valence-corrected chi connectivity index (χ2v) is 5.84. The van der Waals surface area contributed by atoms with Crippen LogP contribution in [0.15, 0.2) is 22.4 Å². The molecule has 2 N–H and O–H groups in total. The van der Waals surface area contributed by atoms with Crippen LogP contribution in [-0.4, -0.2) is 16.0 Å². The summed E-state index contributed by atoms with van der Waals surface area (Å²) < 4.78 is 0. The van der Waals surface area contributed by atoms with Crippen LogP contribution >= 0.6 is 11.6 Å². The zero-order valence-electron chi connectivity index (χ0n) is 11.7. The minimum Gasteiger partial charge on any atom is -0.493 e. The van der Waals surface area contributed by atoms with E-state index in [9.17, 15) is 9.90 Å². The predicted molar refractivity (Wildman–Crippen MR) is 81.2 cm³/mol. The molecule has 1 aliphatic carbocycles. The number of carbonyl (C=O) groups excluding carboxylic acids is 1. The molecule has 6 heteroatoms. The van der Waals surface area contributed by atoms with E-state index in [1.807, 2.05) is 6.92 Å². The number of hydrogen-bond donors (Lipinski definition) is 2. The van der Waals surface area contributed by atoms with Gasteiger partial charge in [-0.1, -0.05) is 24.4 Å². The molecule has 1 fully saturated rings. The van der Waals surface area contributed by atoms with Crippen molar-refractivity contribution in [1.29, 1.82) is 0 Å². The molecule has 0 spiro atoms. The Balaban J connectivity index is 1.95. The van der Waals surface area contributed by atoms with Gasteiger partial charge in [-0.2, -0.15) is 0 Å². The maximum atomic E-state index is 11.9. The number of rotatable bonds is 2. The van der Waals surface area contributed by atoms with E-state index in [1.165, 1.54) is 0 Å². The lowest BCUT2D eigenvalue weighted by Crippen LogP contribution is -2.06. The number of nitrogens with zero attached hydrogens (tertiary/aromatic N) is 2. The topological polar surface area (TPSA) is 77.8 Å². The van der Waals surface area contributed by atoms with Crippen LogP contribution in [0.5, 0.6) is 5.88 Å². The molecule has 2 aromatic rings. The summed E-state index contributed by atoms with van der Waals surface area (Å²) in [6.07, 6.45) is 3.91. The molecular weight excluding hydrogens is 290 g/mol. The Bertz CT molecular complexity index is 730. The summed E-state index contributed by atoms with van der Waals surface area (Å²) in [5.41, 5.74) is 1.83. The van der Waals surface area contributed by atoms with Crippen molar-refractivity contribution in [2.45, 2.75) is 32.6 Å². The van der Waals surface area contributed by atoms with E-state index in [0.717, 1.165) is 31.2 Å². The lowest BCUT2D eigenvalue weighted by Gasteiger charge is -2.00. The first-order valence-electron chi connectivity index (χ1n) is 7.03. The largest absolute Gasteiger partial charge is 0.493 e. The number of hydrogen-bond acceptors (Lipinski definition) is 3. The molecule has 3 rings (SSSR count). The third-order valence-electron chi connectivity index (χ3n) is 4.07. The van der Waals surface area contributed by atoms with Gasteiger partial charge in [-0.15, -0.1) is 10.2 Å². The molecule has 110 valence electrons. The molecule has 1 heterocycles. The molecule has 1 aromatic carbocycles. The molecule has 1 aliphatic rings. The molecule has 0 atom stereocenters. The number of halogens is 1. The Morgan fingerprint density at radius 1 is 1.38 bits per heavy atom. The quantitative estimate of drug-likeness (QED) is 0.793. The molecule has 5 nitrogen and oxygen atoms in total. The van der Waals surface area contributed by atoms with Crippen molar-refractivity contribution >= 4 is 34.1 Å². The summed E-state index contributed by atoms with van der Waals surface area (Å²) in [7, 11) is 0. The van der Waals surface area contributed by atoms with Crippen LogP contribution in [0.3, 0.4) is 0 Å². The zero-order chi connectivity index (χ0) is 15.0. The molecule has 0 aliphatic heterocycles. The second-order valence-electron chi connectivity index (χ2n) is 5.44. The van der Waals surface area contributed by atoms with E-state index < -0.39 is 0 Å². The minimum atomic E-state index is -0.202. The first-order valence-corrected chi connectivity index (χ1v) is 7.41. The highest BCUT2D eigenvalue weighted by Gasteiger charge is 2.23. The van der Waals surface area contributed by atoms with Crippen LogP contribution < -0.4 is 0 Å². The van der Waals surface area contributed by atoms with Gasteiger partial charge in [0.1, 0.15) is 0 Å². The number of azo groups is 1. The van der Waals surface area contributed by atoms with Gasteiger partial charge < -0.3 is 10.1 Å². The molecular formula is C15H16ClN3O2. The number of aromatic nitrogens is 1. The number of nitrogens with one attached hydrogen (secondary N) is 1. The molecule has 1 saturated carbocycles. The van der Waals surface area contributed by atoms with Crippen molar-refractivity contribution in [2.75, 3.05) is 0 Å². The summed E-state index contributed by atoms with van der Waals surface area (Å²) in [5.74, 6) is -0.317. The lowest BCUT2D eigenvalue weighted by molar-refractivity contribution is -0.121. The Morgan fingerprint density at radius 2 is 2.10 bits per heavy atom. The monoisotopic (exact) mass is 305 g/mol.